The number of rotatable bonds is 9. The first-order chi connectivity index (χ1) is 21.4. The molecule has 13 nitrogen and oxygen atoms in total. The summed E-state index contributed by atoms with van der Waals surface area (Å²) in [7, 11) is 0. The standard InChI is InChI=1S/C16H29N5O5.C14H17NO2.C3H8/c1-5-18-13(24)7-20-16(8-19-12(23)6-17-11-22)9-21(10-16)14(25)26-15(2,3)4;1-10-9-15(13(16)17-14(2,3)4)12-8-6-5-7-11(10)12;1-3-2/h11,20H,5-10H2,1-4H3,(H,17,22)(H,18,24)(H,19,23);5-9H,1-4H3;3H2,1-2H3. The zero-order valence-corrected chi connectivity index (χ0v) is 29.2. The van der Waals surface area contributed by atoms with E-state index in [1.165, 1.54) is 11.3 Å². The van der Waals surface area contributed by atoms with Crippen molar-refractivity contribution in [2.45, 2.75) is 92.4 Å². The lowest BCUT2D eigenvalue weighted by atomic mass is 9.89. The number of fused-ring (bicyclic) bond motifs is 1. The lowest BCUT2D eigenvalue weighted by molar-refractivity contribution is -0.123. The maximum Gasteiger partial charge on any atom is 0.418 e. The molecule has 0 saturated carbocycles. The maximum absolute atomic E-state index is 12.1. The van der Waals surface area contributed by atoms with Gasteiger partial charge in [0.05, 0.1) is 24.1 Å². The second-order valence-corrected chi connectivity index (χ2v) is 13.1. The van der Waals surface area contributed by atoms with Crippen molar-refractivity contribution < 1.29 is 33.4 Å². The van der Waals surface area contributed by atoms with Crippen LogP contribution in [0.25, 0.3) is 10.9 Å². The molecular weight excluding hydrogens is 592 g/mol. The van der Waals surface area contributed by atoms with Crippen LogP contribution in [0.1, 0.15) is 74.3 Å². The van der Waals surface area contributed by atoms with Crippen LogP contribution in [0.5, 0.6) is 0 Å². The number of likely N-dealkylation sites (N-methyl/N-ethyl adjacent to an activating group) is 1. The van der Waals surface area contributed by atoms with Crippen molar-refractivity contribution in [3.05, 3.63) is 36.0 Å². The molecule has 1 aromatic carbocycles. The summed E-state index contributed by atoms with van der Waals surface area (Å²) in [5, 5.41) is 11.8. The smallest absolute Gasteiger partial charge is 0.418 e. The van der Waals surface area contributed by atoms with Crippen molar-refractivity contribution in [1.82, 2.24) is 30.7 Å². The SMILES string of the molecule is CCC.CCNC(=O)CNC1(CNC(=O)CNC=O)CN(C(=O)OC(C)(C)C)C1.Cc1cn(C(=O)OC(C)(C)C)c2ccccc12. The lowest BCUT2D eigenvalue weighted by Gasteiger charge is -2.50. The molecule has 1 saturated heterocycles. The Morgan fingerprint density at radius 2 is 1.41 bits per heavy atom. The molecule has 4 amide bonds. The van der Waals surface area contributed by atoms with Gasteiger partial charge in [0.1, 0.15) is 11.2 Å². The van der Waals surface area contributed by atoms with E-state index in [-0.39, 0.29) is 37.5 Å². The number of likely N-dealkylation sites (tertiary alicyclic amines) is 1. The highest BCUT2D eigenvalue weighted by molar-refractivity contribution is 5.91. The Labute approximate surface area is 273 Å². The van der Waals surface area contributed by atoms with Crippen LogP contribution in [0.3, 0.4) is 0 Å². The van der Waals surface area contributed by atoms with Crippen molar-refractivity contribution in [3.8, 4) is 0 Å². The summed E-state index contributed by atoms with van der Waals surface area (Å²) in [5.41, 5.74) is 0.263. The highest BCUT2D eigenvalue weighted by atomic mass is 16.6. The Hall–Kier alpha value is -4.13. The van der Waals surface area contributed by atoms with Crippen LogP contribution in [-0.4, -0.2) is 95.9 Å². The number of hydrogen-bond donors (Lipinski definition) is 4. The predicted molar refractivity (Wildman–Crippen MR) is 179 cm³/mol. The van der Waals surface area contributed by atoms with Gasteiger partial charge in [-0.15, -0.1) is 0 Å². The molecule has 0 bridgehead atoms. The molecule has 1 aliphatic heterocycles. The number of amides is 4. The molecule has 4 N–H and O–H groups in total. The Morgan fingerprint density at radius 3 is 1.96 bits per heavy atom. The molecule has 0 atom stereocenters. The molecule has 0 spiro atoms. The van der Waals surface area contributed by atoms with Gasteiger partial charge in [0.15, 0.2) is 0 Å². The number of carbonyl (C=O) groups excluding carboxylic acids is 5. The fourth-order valence-corrected chi connectivity index (χ4v) is 4.23. The van der Waals surface area contributed by atoms with Crippen LogP contribution in [0.15, 0.2) is 30.5 Å². The zero-order valence-electron chi connectivity index (χ0n) is 29.2. The molecule has 1 aliphatic rings. The summed E-state index contributed by atoms with van der Waals surface area (Å²) >= 11 is 0. The molecule has 1 fully saturated rings. The molecule has 46 heavy (non-hydrogen) atoms. The monoisotopic (exact) mass is 646 g/mol. The number of aryl methyl sites for hydroxylation is 1. The van der Waals surface area contributed by atoms with Crippen molar-refractivity contribution in [1.29, 1.82) is 0 Å². The molecule has 2 aromatic rings. The predicted octanol–water partition coefficient (Wildman–Crippen LogP) is 3.71. The summed E-state index contributed by atoms with van der Waals surface area (Å²) in [6.45, 7) is 20.3. The van der Waals surface area contributed by atoms with Gasteiger partial charge in [0.2, 0.25) is 18.2 Å². The van der Waals surface area contributed by atoms with Crippen LogP contribution >= 0.6 is 0 Å². The van der Waals surface area contributed by atoms with Gasteiger partial charge in [-0.1, -0.05) is 38.5 Å². The number of nitrogens with zero attached hydrogens (tertiary/aromatic N) is 2. The van der Waals surface area contributed by atoms with Crippen molar-refractivity contribution in [3.63, 3.8) is 0 Å². The second-order valence-electron chi connectivity index (χ2n) is 13.1. The van der Waals surface area contributed by atoms with E-state index in [0.717, 1.165) is 16.5 Å². The van der Waals surface area contributed by atoms with Gasteiger partial charge in [0, 0.05) is 37.8 Å². The molecule has 0 radical (unpaired) electrons. The van der Waals surface area contributed by atoms with E-state index in [2.05, 4.69) is 35.1 Å². The van der Waals surface area contributed by atoms with E-state index < -0.39 is 22.8 Å². The molecule has 1 aromatic heterocycles. The van der Waals surface area contributed by atoms with Gasteiger partial charge >= 0.3 is 12.2 Å². The average molecular weight is 647 g/mol. The number of nitrogens with one attached hydrogen (secondary N) is 4. The maximum atomic E-state index is 12.1. The summed E-state index contributed by atoms with van der Waals surface area (Å²) in [4.78, 5) is 59.3. The van der Waals surface area contributed by atoms with E-state index in [9.17, 15) is 24.0 Å². The van der Waals surface area contributed by atoms with Gasteiger partial charge in [-0.2, -0.15) is 0 Å². The van der Waals surface area contributed by atoms with Crippen LogP contribution in [-0.2, 0) is 23.9 Å². The van der Waals surface area contributed by atoms with Gasteiger partial charge in [0.25, 0.3) is 0 Å². The number of hydrogen-bond acceptors (Lipinski definition) is 8. The summed E-state index contributed by atoms with van der Waals surface area (Å²) in [6.07, 6.45) is 2.73. The third-order valence-electron chi connectivity index (χ3n) is 6.11. The van der Waals surface area contributed by atoms with Gasteiger partial charge < -0.3 is 30.3 Å². The average Bonchev–Trinajstić information content (AvgIpc) is 3.27. The topological polar surface area (TPSA) is 160 Å². The Morgan fingerprint density at radius 1 is 0.870 bits per heavy atom. The second kappa shape index (κ2) is 18.1. The molecule has 13 heteroatoms. The fraction of sp³-hybridized carbons (Fsp3) is 0.606. The highest BCUT2D eigenvalue weighted by Crippen LogP contribution is 2.24. The van der Waals surface area contributed by atoms with E-state index in [1.807, 2.05) is 65.1 Å². The molecule has 258 valence electrons. The molecular formula is C33H54N6O7. The third kappa shape index (κ3) is 13.9. The van der Waals surface area contributed by atoms with E-state index >= 15 is 0 Å². The first-order valence-electron chi connectivity index (χ1n) is 15.6. The number of aromatic nitrogens is 1. The molecule has 2 heterocycles. The Kier molecular flexibility index (Phi) is 15.7. The minimum absolute atomic E-state index is 0.0679. The van der Waals surface area contributed by atoms with Crippen LogP contribution in [0.4, 0.5) is 9.59 Å². The van der Waals surface area contributed by atoms with E-state index in [4.69, 9.17) is 9.47 Å². The number of para-hydroxylation sites is 1. The Balaban J connectivity index is 0.000000452. The summed E-state index contributed by atoms with van der Waals surface area (Å²) in [6, 6.07) is 7.81. The van der Waals surface area contributed by atoms with Crippen molar-refractivity contribution >= 4 is 41.3 Å². The normalized spacial score (nSPS) is 13.5. The first kappa shape index (κ1) is 39.9. The van der Waals surface area contributed by atoms with Crippen molar-refractivity contribution in [2.75, 3.05) is 39.3 Å². The number of carbonyl (C=O) groups is 5. The van der Waals surface area contributed by atoms with Crippen LogP contribution in [0, 0.1) is 6.92 Å². The third-order valence-corrected chi connectivity index (χ3v) is 6.11. The molecule has 0 aliphatic carbocycles. The zero-order chi connectivity index (χ0) is 35.1. The number of benzene rings is 1. The van der Waals surface area contributed by atoms with Crippen molar-refractivity contribution in [2.24, 2.45) is 0 Å². The largest absolute Gasteiger partial charge is 0.444 e. The lowest BCUT2D eigenvalue weighted by Crippen LogP contribution is -2.75. The van der Waals surface area contributed by atoms with Gasteiger partial charge in [-0.05, 0) is 67.0 Å². The Bertz CT molecular complexity index is 1300. The van der Waals surface area contributed by atoms with Gasteiger partial charge in [-0.3, -0.25) is 24.3 Å². The fourth-order valence-electron chi connectivity index (χ4n) is 4.23. The minimum Gasteiger partial charge on any atom is -0.444 e. The molecule has 0 unspecified atom stereocenters. The van der Waals surface area contributed by atoms with Gasteiger partial charge in [-0.25, -0.2) is 9.59 Å². The first-order valence-corrected chi connectivity index (χ1v) is 15.6. The van der Waals surface area contributed by atoms with E-state index in [0.29, 0.717) is 26.0 Å². The summed E-state index contributed by atoms with van der Waals surface area (Å²) in [5.74, 6) is -0.524. The van der Waals surface area contributed by atoms with Crippen LogP contribution < -0.4 is 21.3 Å². The van der Waals surface area contributed by atoms with E-state index in [1.54, 1.807) is 25.3 Å². The summed E-state index contributed by atoms with van der Waals surface area (Å²) < 4.78 is 12.3. The van der Waals surface area contributed by atoms with Crippen LogP contribution in [0.2, 0.25) is 0 Å². The highest BCUT2D eigenvalue weighted by Gasteiger charge is 2.46. The molecule has 3 rings (SSSR count). The number of ether oxygens (including phenoxy) is 2. The minimum atomic E-state index is -0.626. The quantitative estimate of drug-likeness (QED) is 0.300.